The van der Waals surface area contributed by atoms with Crippen molar-refractivity contribution in [3.05, 3.63) is 34.6 Å². The van der Waals surface area contributed by atoms with Gasteiger partial charge in [-0.15, -0.1) is 0 Å². The van der Waals surface area contributed by atoms with Gasteiger partial charge in [0.25, 0.3) is 0 Å². The third-order valence-electron chi connectivity index (χ3n) is 2.31. The summed E-state index contributed by atoms with van der Waals surface area (Å²) >= 11 is 3.07. The van der Waals surface area contributed by atoms with E-state index in [2.05, 4.69) is 36.4 Å². The van der Waals surface area contributed by atoms with Crippen LogP contribution in [0.3, 0.4) is 0 Å². The van der Waals surface area contributed by atoms with Gasteiger partial charge in [-0.25, -0.2) is 9.37 Å². The van der Waals surface area contributed by atoms with Crippen LogP contribution >= 0.6 is 15.9 Å². The molecule has 1 aromatic heterocycles. The zero-order valence-corrected chi connectivity index (χ0v) is 10.6. The molecule has 1 atom stereocenters. The molecular formula is C10H11BrFN5. The van der Waals surface area contributed by atoms with Crippen molar-refractivity contribution in [3.8, 4) is 0 Å². The van der Waals surface area contributed by atoms with Crippen molar-refractivity contribution in [3.63, 3.8) is 0 Å². The second-order valence-corrected chi connectivity index (χ2v) is 4.44. The Bertz CT molecular complexity index is 514. The van der Waals surface area contributed by atoms with Gasteiger partial charge < -0.3 is 11.1 Å². The van der Waals surface area contributed by atoms with E-state index in [1.807, 2.05) is 6.92 Å². The SMILES string of the molecule is CC(Nc1cc(F)c(Br)cc1N)c1ncn[nH]1. The minimum Gasteiger partial charge on any atom is -0.397 e. The van der Waals surface area contributed by atoms with Crippen LogP contribution in [0.4, 0.5) is 15.8 Å². The summed E-state index contributed by atoms with van der Waals surface area (Å²) in [5.41, 5.74) is 6.77. The van der Waals surface area contributed by atoms with Gasteiger partial charge in [0.15, 0.2) is 0 Å². The van der Waals surface area contributed by atoms with Gasteiger partial charge in [0, 0.05) is 6.07 Å². The van der Waals surface area contributed by atoms with Gasteiger partial charge in [0.1, 0.15) is 18.0 Å². The molecule has 0 aliphatic heterocycles. The Labute approximate surface area is 106 Å². The maximum Gasteiger partial charge on any atom is 0.146 e. The van der Waals surface area contributed by atoms with Gasteiger partial charge >= 0.3 is 0 Å². The van der Waals surface area contributed by atoms with Crippen molar-refractivity contribution in [1.82, 2.24) is 15.2 Å². The van der Waals surface area contributed by atoms with Crippen LogP contribution in [0.5, 0.6) is 0 Å². The van der Waals surface area contributed by atoms with Crippen molar-refractivity contribution in [2.45, 2.75) is 13.0 Å². The molecule has 2 aromatic rings. The molecule has 0 amide bonds. The predicted molar refractivity (Wildman–Crippen MR) is 66.9 cm³/mol. The highest BCUT2D eigenvalue weighted by Gasteiger charge is 2.11. The zero-order chi connectivity index (χ0) is 12.4. The molecule has 0 saturated heterocycles. The average Bonchev–Trinajstić information content (AvgIpc) is 2.79. The minimum atomic E-state index is -0.369. The van der Waals surface area contributed by atoms with Crippen LogP contribution in [-0.2, 0) is 0 Å². The van der Waals surface area contributed by atoms with Crippen molar-refractivity contribution in [2.75, 3.05) is 11.1 Å². The molecule has 0 radical (unpaired) electrons. The van der Waals surface area contributed by atoms with Gasteiger partial charge in [-0.2, -0.15) is 5.10 Å². The lowest BCUT2D eigenvalue weighted by Crippen LogP contribution is -2.10. The fraction of sp³-hybridized carbons (Fsp3) is 0.200. The van der Waals surface area contributed by atoms with Crippen LogP contribution in [0.15, 0.2) is 22.9 Å². The van der Waals surface area contributed by atoms with Crippen LogP contribution in [-0.4, -0.2) is 15.2 Å². The van der Waals surface area contributed by atoms with Crippen molar-refractivity contribution >= 4 is 27.3 Å². The standard InChI is InChI=1S/C10H11BrFN5/c1-5(10-14-4-15-17-10)16-9-3-7(12)6(11)2-8(9)13/h2-5,16H,13H2,1H3,(H,14,15,17). The Hall–Kier alpha value is -1.63. The normalized spacial score (nSPS) is 12.4. The van der Waals surface area contributed by atoms with E-state index in [4.69, 9.17) is 5.73 Å². The predicted octanol–water partition coefficient (Wildman–Crippen LogP) is 2.46. The van der Waals surface area contributed by atoms with E-state index in [9.17, 15) is 4.39 Å². The zero-order valence-electron chi connectivity index (χ0n) is 9.04. The average molecular weight is 300 g/mol. The minimum absolute atomic E-state index is 0.139. The Morgan fingerprint density at radius 2 is 2.29 bits per heavy atom. The number of anilines is 2. The second kappa shape index (κ2) is 4.70. The number of nitrogens with zero attached hydrogens (tertiary/aromatic N) is 2. The molecule has 0 bridgehead atoms. The highest BCUT2D eigenvalue weighted by Crippen LogP contribution is 2.28. The van der Waals surface area contributed by atoms with Gasteiger partial charge in [-0.05, 0) is 28.9 Å². The summed E-state index contributed by atoms with van der Waals surface area (Å²) in [5.74, 6) is 0.291. The first-order valence-corrected chi connectivity index (χ1v) is 5.73. The number of aromatic amines is 1. The number of nitrogens with two attached hydrogens (primary N) is 1. The lowest BCUT2D eigenvalue weighted by molar-refractivity contribution is 0.621. The van der Waals surface area contributed by atoms with E-state index >= 15 is 0 Å². The smallest absolute Gasteiger partial charge is 0.146 e. The topological polar surface area (TPSA) is 79.6 Å². The quantitative estimate of drug-likeness (QED) is 0.761. The Morgan fingerprint density at radius 3 is 2.94 bits per heavy atom. The largest absolute Gasteiger partial charge is 0.397 e. The molecule has 0 fully saturated rings. The number of rotatable bonds is 3. The van der Waals surface area contributed by atoms with Crippen LogP contribution in [0.2, 0.25) is 0 Å². The molecule has 7 heteroatoms. The molecule has 90 valence electrons. The lowest BCUT2D eigenvalue weighted by atomic mass is 10.2. The van der Waals surface area contributed by atoms with Crippen LogP contribution in [0.1, 0.15) is 18.8 Å². The molecular weight excluding hydrogens is 289 g/mol. The summed E-state index contributed by atoms with van der Waals surface area (Å²) in [6, 6.07) is 2.72. The molecule has 0 spiro atoms. The summed E-state index contributed by atoms with van der Waals surface area (Å²) in [7, 11) is 0. The molecule has 17 heavy (non-hydrogen) atoms. The second-order valence-electron chi connectivity index (χ2n) is 3.59. The van der Waals surface area contributed by atoms with Crippen LogP contribution in [0.25, 0.3) is 0 Å². The molecule has 1 unspecified atom stereocenters. The summed E-state index contributed by atoms with van der Waals surface area (Å²) in [5, 5.41) is 9.55. The summed E-state index contributed by atoms with van der Waals surface area (Å²) in [6.07, 6.45) is 1.42. The molecule has 5 nitrogen and oxygen atoms in total. The van der Waals surface area contributed by atoms with Crippen LogP contribution in [0, 0.1) is 5.82 Å². The van der Waals surface area contributed by atoms with E-state index < -0.39 is 0 Å². The molecule has 1 heterocycles. The third-order valence-corrected chi connectivity index (χ3v) is 2.92. The van der Waals surface area contributed by atoms with Crippen molar-refractivity contribution in [2.24, 2.45) is 0 Å². The van der Waals surface area contributed by atoms with E-state index in [1.165, 1.54) is 18.5 Å². The number of H-pyrrole nitrogens is 1. The van der Waals surface area contributed by atoms with Crippen molar-refractivity contribution in [1.29, 1.82) is 0 Å². The monoisotopic (exact) mass is 299 g/mol. The number of nitrogens with one attached hydrogen (secondary N) is 2. The summed E-state index contributed by atoms with van der Waals surface area (Å²) in [6.45, 7) is 1.87. The molecule has 0 aliphatic carbocycles. The van der Waals surface area contributed by atoms with E-state index in [0.717, 1.165) is 0 Å². The number of nitrogen functional groups attached to an aromatic ring is 1. The number of aromatic nitrogens is 3. The first-order chi connectivity index (χ1) is 8.08. The van der Waals surface area contributed by atoms with Gasteiger partial charge in [-0.1, -0.05) is 0 Å². The number of benzene rings is 1. The molecule has 0 aliphatic rings. The first-order valence-electron chi connectivity index (χ1n) is 4.94. The fourth-order valence-electron chi connectivity index (χ4n) is 1.41. The summed E-state index contributed by atoms with van der Waals surface area (Å²) < 4.78 is 13.7. The molecule has 0 saturated carbocycles. The molecule has 4 N–H and O–H groups in total. The van der Waals surface area contributed by atoms with E-state index in [-0.39, 0.29) is 11.9 Å². The van der Waals surface area contributed by atoms with E-state index in [1.54, 1.807) is 0 Å². The Balaban J connectivity index is 2.22. The Morgan fingerprint density at radius 1 is 1.53 bits per heavy atom. The number of halogens is 2. The van der Waals surface area contributed by atoms with Gasteiger partial charge in [0.2, 0.25) is 0 Å². The Kier molecular flexibility index (Phi) is 3.28. The maximum atomic E-state index is 13.4. The van der Waals surface area contributed by atoms with Gasteiger partial charge in [-0.3, -0.25) is 5.10 Å². The third kappa shape index (κ3) is 2.55. The molecule has 1 aromatic carbocycles. The lowest BCUT2D eigenvalue weighted by Gasteiger charge is -2.15. The summed E-state index contributed by atoms with van der Waals surface area (Å²) in [4.78, 5) is 4.01. The highest BCUT2D eigenvalue weighted by molar-refractivity contribution is 9.10. The fourth-order valence-corrected chi connectivity index (χ4v) is 1.77. The first kappa shape index (κ1) is 11.8. The highest BCUT2D eigenvalue weighted by atomic mass is 79.9. The van der Waals surface area contributed by atoms with Crippen LogP contribution < -0.4 is 11.1 Å². The van der Waals surface area contributed by atoms with E-state index in [0.29, 0.717) is 21.7 Å². The maximum absolute atomic E-state index is 13.4. The molecule has 2 rings (SSSR count). The number of hydrogen-bond acceptors (Lipinski definition) is 4. The van der Waals surface area contributed by atoms with Gasteiger partial charge in [0.05, 0.1) is 21.9 Å². The number of hydrogen-bond donors (Lipinski definition) is 3. The van der Waals surface area contributed by atoms with Crippen molar-refractivity contribution < 1.29 is 4.39 Å².